The van der Waals surface area contributed by atoms with Gasteiger partial charge in [-0.2, -0.15) is 0 Å². The van der Waals surface area contributed by atoms with Crippen LogP contribution < -0.4 is 0 Å². The molecule has 3 fully saturated rings. The van der Waals surface area contributed by atoms with Crippen molar-refractivity contribution in [3.8, 4) is 0 Å². The number of piperidine rings is 2. The SMILES string of the molecule is CCOC(=O)N1[C@@H]2CC[C@@H](OC(C)=O)[C@H]1C[C@@H]1O[C@@H]12. The van der Waals surface area contributed by atoms with Crippen LogP contribution in [0.25, 0.3) is 0 Å². The summed E-state index contributed by atoms with van der Waals surface area (Å²) in [5, 5.41) is 0. The number of esters is 1. The Bertz CT molecular complexity index is 398. The monoisotopic (exact) mass is 269 g/mol. The molecule has 19 heavy (non-hydrogen) atoms. The van der Waals surface area contributed by atoms with E-state index in [0.717, 1.165) is 19.3 Å². The van der Waals surface area contributed by atoms with E-state index in [1.54, 1.807) is 11.8 Å². The third kappa shape index (κ3) is 2.18. The fourth-order valence-corrected chi connectivity index (χ4v) is 3.42. The summed E-state index contributed by atoms with van der Waals surface area (Å²) in [6, 6.07) is -0.0277. The number of epoxide rings is 1. The quantitative estimate of drug-likeness (QED) is 0.554. The van der Waals surface area contributed by atoms with Crippen molar-refractivity contribution in [3.63, 3.8) is 0 Å². The van der Waals surface area contributed by atoms with Crippen LogP contribution in [-0.4, -0.2) is 54.0 Å². The van der Waals surface area contributed by atoms with Crippen LogP contribution >= 0.6 is 0 Å². The van der Waals surface area contributed by atoms with Gasteiger partial charge in [0.1, 0.15) is 12.2 Å². The average molecular weight is 269 g/mol. The summed E-state index contributed by atoms with van der Waals surface area (Å²) in [4.78, 5) is 25.0. The number of carbonyl (C=O) groups excluding carboxylic acids is 2. The lowest BCUT2D eigenvalue weighted by atomic mass is 9.83. The zero-order valence-electron chi connectivity index (χ0n) is 11.2. The molecule has 106 valence electrons. The van der Waals surface area contributed by atoms with Gasteiger partial charge in [-0.15, -0.1) is 0 Å². The number of nitrogens with zero attached hydrogens (tertiary/aromatic N) is 1. The minimum Gasteiger partial charge on any atom is -0.460 e. The lowest BCUT2D eigenvalue weighted by molar-refractivity contribution is -0.154. The van der Waals surface area contributed by atoms with Crippen molar-refractivity contribution in [1.82, 2.24) is 4.90 Å². The van der Waals surface area contributed by atoms with Gasteiger partial charge in [0.25, 0.3) is 0 Å². The van der Waals surface area contributed by atoms with E-state index in [9.17, 15) is 9.59 Å². The summed E-state index contributed by atoms with van der Waals surface area (Å²) in [6.45, 7) is 3.54. The summed E-state index contributed by atoms with van der Waals surface area (Å²) < 4.78 is 16.1. The topological polar surface area (TPSA) is 68.4 Å². The minimum atomic E-state index is -0.316. The Morgan fingerprint density at radius 2 is 2.11 bits per heavy atom. The first-order valence-electron chi connectivity index (χ1n) is 6.89. The normalized spacial score (nSPS) is 39.3. The third-order valence-electron chi connectivity index (χ3n) is 4.16. The highest BCUT2D eigenvalue weighted by atomic mass is 16.6. The maximum atomic E-state index is 12.1. The van der Waals surface area contributed by atoms with E-state index >= 15 is 0 Å². The van der Waals surface area contributed by atoms with Crippen LogP contribution in [0.3, 0.4) is 0 Å². The van der Waals surface area contributed by atoms with Gasteiger partial charge in [-0.3, -0.25) is 9.69 Å². The Morgan fingerprint density at radius 1 is 1.32 bits per heavy atom. The first-order chi connectivity index (χ1) is 9.11. The molecule has 3 heterocycles. The second-order valence-corrected chi connectivity index (χ2v) is 5.34. The van der Waals surface area contributed by atoms with Gasteiger partial charge < -0.3 is 14.2 Å². The number of fused-ring (bicyclic) bond motifs is 4. The molecule has 0 saturated carbocycles. The molecule has 3 aliphatic rings. The summed E-state index contributed by atoms with van der Waals surface area (Å²) in [5.74, 6) is -0.300. The Morgan fingerprint density at radius 3 is 2.79 bits per heavy atom. The van der Waals surface area contributed by atoms with E-state index in [2.05, 4.69) is 0 Å². The highest BCUT2D eigenvalue weighted by molar-refractivity contribution is 5.70. The molecular formula is C13H19NO5. The van der Waals surface area contributed by atoms with Gasteiger partial charge in [-0.05, 0) is 19.8 Å². The van der Waals surface area contributed by atoms with Crippen molar-refractivity contribution in [1.29, 1.82) is 0 Å². The van der Waals surface area contributed by atoms with E-state index in [1.165, 1.54) is 6.92 Å². The second kappa shape index (κ2) is 4.67. The summed E-state index contributed by atoms with van der Waals surface area (Å²) in [7, 11) is 0. The Kier molecular flexibility index (Phi) is 3.12. The van der Waals surface area contributed by atoms with Crippen molar-refractivity contribution < 1.29 is 23.8 Å². The highest BCUT2D eigenvalue weighted by Gasteiger charge is 2.59. The molecule has 0 radical (unpaired) electrons. The molecule has 2 bridgehead atoms. The van der Waals surface area contributed by atoms with E-state index in [-0.39, 0.29) is 42.5 Å². The molecule has 6 nitrogen and oxygen atoms in total. The molecule has 3 aliphatic heterocycles. The fraction of sp³-hybridized carbons (Fsp3) is 0.846. The molecular weight excluding hydrogens is 250 g/mol. The third-order valence-corrected chi connectivity index (χ3v) is 4.16. The van der Waals surface area contributed by atoms with Crippen LogP contribution in [0.4, 0.5) is 4.79 Å². The molecule has 3 rings (SSSR count). The van der Waals surface area contributed by atoms with Gasteiger partial charge in [0.05, 0.1) is 24.8 Å². The summed E-state index contributed by atoms with van der Waals surface area (Å²) in [6.07, 6.45) is 2.15. The maximum absolute atomic E-state index is 12.1. The zero-order chi connectivity index (χ0) is 13.6. The highest BCUT2D eigenvalue weighted by Crippen LogP contribution is 2.45. The van der Waals surface area contributed by atoms with E-state index < -0.39 is 0 Å². The van der Waals surface area contributed by atoms with Gasteiger partial charge in [0.15, 0.2) is 0 Å². The molecule has 0 aromatic heterocycles. The largest absolute Gasteiger partial charge is 0.460 e. The smallest absolute Gasteiger partial charge is 0.410 e. The molecule has 3 saturated heterocycles. The standard InChI is InChI=1S/C13H19NO5/c1-3-17-13(16)14-8-4-5-10(18-7(2)15)9(14)6-11-12(8)19-11/h8-12H,3-6H2,1-2H3/t8-,9-,10-,11+,12-/m1/s1. The Labute approximate surface area is 112 Å². The number of hydrogen-bond acceptors (Lipinski definition) is 5. The second-order valence-electron chi connectivity index (χ2n) is 5.34. The van der Waals surface area contributed by atoms with Gasteiger partial charge >= 0.3 is 12.1 Å². The average Bonchev–Trinajstić information content (AvgIpc) is 3.10. The van der Waals surface area contributed by atoms with Crippen molar-refractivity contribution >= 4 is 12.1 Å². The van der Waals surface area contributed by atoms with Gasteiger partial charge in [0, 0.05) is 13.3 Å². The van der Waals surface area contributed by atoms with Crippen LogP contribution in [0.2, 0.25) is 0 Å². The van der Waals surface area contributed by atoms with Crippen molar-refractivity contribution in [3.05, 3.63) is 0 Å². The summed E-state index contributed by atoms with van der Waals surface area (Å²) in [5.41, 5.74) is 0. The molecule has 0 spiro atoms. The number of carbonyl (C=O) groups is 2. The van der Waals surface area contributed by atoms with Crippen LogP contribution in [0, 0.1) is 0 Å². The molecule has 0 N–H and O–H groups in total. The van der Waals surface area contributed by atoms with Crippen molar-refractivity contribution in [2.24, 2.45) is 0 Å². The molecule has 1 amide bonds. The van der Waals surface area contributed by atoms with Crippen molar-refractivity contribution in [2.75, 3.05) is 6.61 Å². The zero-order valence-corrected chi connectivity index (χ0v) is 11.2. The fourth-order valence-electron chi connectivity index (χ4n) is 3.42. The maximum Gasteiger partial charge on any atom is 0.410 e. The molecule has 6 heteroatoms. The van der Waals surface area contributed by atoms with Gasteiger partial charge in [-0.25, -0.2) is 4.79 Å². The Balaban J connectivity index is 1.79. The van der Waals surface area contributed by atoms with Gasteiger partial charge in [0.2, 0.25) is 0 Å². The van der Waals surface area contributed by atoms with Crippen LogP contribution in [0.15, 0.2) is 0 Å². The van der Waals surface area contributed by atoms with Gasteiger partial charge in [-0.1, -0.05) is 0 Å². The lowest BCUT2D eigenvalue weighted by Gasteiger charge is -2.46. The molecule has 0 aromatic rings. The molecule has 0 aliphatic carbocycles. The molecule has 0 aromatic carbocycles. The lowest BCUT2D eigenvalue weighted by Crippen LogP contribution is -2.61. The first-order valence-corrected chi connectivity index (χ1v) is 6.89. The van der Waals surface area contributed by atoms with E-state index in [4.69, 9.17) is 14.2 Å². The number of amides is 1. The minimum absolute atomic E-state index is 0.0783. The molecule has 5 atom stereocenters. The van der Waals surface area contributed by atoms with E-state index in [1.807, 2.05) is 0 Å². The van der Waals surface area contributed by atoms with Crippen LogP contribution in [-0.2, 0) is 19.0 Å². The predicted molar refractivity (Wildman–Crippen MR) is 64.5 cm³/mol. The van der Waals surface area contributed by atoms with Crippen LogP contribution in [0.5, 0.6) is 0 Å². The summed E-state index contributed by atoms with van der Waals surface area (Å²) >= 11 is 0. The number of ether oxygens (including phenoxy) is 3. The molecule has 0 unspecified atom stereocenters. The number of rotatable bonds is 2. The number of hydrogen-bond donors (Lipinski definition) is 0. The first kappa shape index (κ1) is 12.7. The van der Waals surface area contributed by atoms with E-state index in [0.29, 0.717) is 6.61 Å². The van der Waals surface area contributed by atoms with Crippen molar-refractivity contribution in [2.45, 2.75) is 63.5 Å². The Hall–Kier alpha value is -1.30. The predicted octanol–water partition coefficient (Wildman–Crippen LogP) is 1.08. The van der Waals surface area contributed by atoms with Crippen LogP contribution in [0.1, 0.15) is 33.1 Å².